The van der Waals surface area contributed by atoms with Crippen LogP contribution in [0, 0.1) is 0 Å². The second-order valence-corrected chi connectivity index (χ2v) is 12.0. The topological polar surface area (TPSA) is 37.6 Å². The molecule has 3 heteroatoms. The van der Waals surface area contributed by atoms with E-state index < -0.39 is 0 Å². The molecule has 48 heavy (non-hydrogen) atoms. The molecule has 0 saturated carbocycles. The summed E-state index contributed by atoms with van der Waals surface area (Å²) in [6.45, 7) is 4.11. The lowest BCUT2D eigenvalue weighted by atomic mass is 9.84. The van der Waals surface area contributed by atoms with Crippen LogP contribution < -0.4 is 0 Å². The molecule has 1 heterocycles. The molecule has 1 aliphatic carbocycles. The predicted molar refractivity (Wildman–Crippen MR) is 202 cm³/mol. The van der Waals surface area contributed by atoms with Crippen LogP contribution in [0.2, 0.25) is 0 Å². The first-order valence-corrected chi connectivity index (χ1v) is 16.5. The molecule has 0 bridgehead atoms. The zero-order valence-corrected chi connectivity index (χ0v) is 27.3. The largest absolute Gasteiger partial charge is 0.255 e. The number of benzene rings is 5. The fourth-order valence-corrected chi connectivity index (χ4v) is 6.35. The van der Waals surface area contributed by atoms with Crippen molar-refractivity contribution in [3.8, 4) is 22.3 Å². The maximum Gasteiger partial charge on any atom is 0.0849 e. The van der Waals surface area contributed by atoms with Crippen LogP contribution in [0.1, 0.15) is 48.7 Å². The van der Waals surface area contributed by atoms with Crippen molar-refractivity contribution in [1.29, 1.82) is 0 Å². The monoisotopic (exact) mass is 619 g/mol. The highest BCUT2D eigenvalue weighted by Gasteiger charge is 2.23. The molecular weight excluding hydrogens is 583 g/mol. The summed E-state index contributed by atoms with van der Waals surface area (Å²) in [5.41, 5.74) is 13.4. The van der Waals surface area contributed by atoms with Crippen molar-refractivity contribution in [3.05, 3.63) is 198 Å². The van der Waals surface area contributed by atoms with Gasteiger partial charge in [-0.25, -0.2) is 4.98 Å². The molecule has 0 radical (unpaired) electrons. The van der Waals surface area contributed by atoms with Gasteiger partial charge in [-0.2, -0.15) is 0 Å². The minimum Gasteiger partial charge on any atom is -0.255 e. The average Bonchev–Trinajstić information content (AvgIpc) is 3.16. The average molecular weight is 620 g/mol. The van der Waals surface area contributed by atoms with Crippen LogP contribution in [0.4, 0.5) is 5.69 Å². The van der Waals surface area contributed by atoms with E-state index in [1.165, 1.54) is 5.56 Å². The maximum absolute atomic E-state index is 5.36. The number of hydrogen-bond donors (Lipinski definition) is 0. The Morgan fingerprint density at radius 1 is 0.521 bits per heavy atom. The smallest absolute Gasteiger partial charge is 0.0849 e. The molecule has 3 nitrogen and oxygen atoms in total. The van der Waals surface area contributed by atoms with Crippen LogP contribution in [0.25, 0.3) is 27.8 Å². The molecule has 232 valence electrons. The number of aromatic nitrogens is 1. The molecule has 1 unspecified atom stereocenters. The molecule has 0 spiro atoms. The van der Waals surface area contributed by atoms with Gasteiger partial charge in [-0.1, -0.05) is 158 Å². The number of para-hydroxylation sites is 1. The lowest BCUT2D eigenvalue weighted by molar-refractivity contribution is 0.791. The van der Waals surface area contributed by atoms with Crippen LogP contribution in [-0.4, -0.2) is 16.4 Å². The highest BCUT2D eigenvalue weighted by Crippen LogP contribution is 2.41. The lowest BCUT2D eigenvalue weighted by Gasteiger charge is -2.24. The molecule has 0 saturated heterocycles. The van der Waals surface area contributed by atoms with Crippen molar-refractivity contribution < 1.29 is 0 Å². The quantitative estimate of drug-likeness (QED) is 0.156. The van der Waals surface area contributed by atoms with Crippen molar-refractivity contribution in [3.63, 3.8) is 0 Å². The van der Waals surface area contributed by atoms with E-state index in [-0.39, 0.29) is 5.92 Å². The number of aliphatic imine (C=N–C) groups is 2. The van der Waals surface area contributed by atoms with Gasteiger partial charge in [-0.3, -0.25) is 9.98 Å². The molecule has 0 fully saturated rings. The Hall–Kier alpha value is -5.93. The summed E-state index contributed by atoms with van der Waals surface area (Å²) in [5, 5.41) is 0. The molecule has 0 amide bonds. The third-order valence-corrected chi connectivity index (χ3v) is 8.81. The molecule has 5 aromatic carbocycles. The Labute approximate surface area is 283 Å². The summed E-state index contributed by atoms with van der Waals surface area (Å²) in [6, 6.07) is 54.7. The van der Waals surface area contributed by atoms with Crippen molar-refractivity contribution in [2.45, 2.75) is 26.2 Å². The number of pyridine rings is 1. The molecule has 0 N–H and O–H groups in total. The summed E-state index contributed by atoms with van der Waals surface area (Å²) in [6.07, 6.45) is 5.39. The normalized spacial score (nSPS) is 15.1. The van der Waals surface area contributed by atoms with Gasteiger partial charge in [-0.05, 0) is 54.7 Å². The molecule has 0 aliphatic heterocycles. The highest BCUT2D eigenvalue weighted by atomic mass is 14.8. The van der Waals surface area contributed by atoms with Gasteiger partial charge >= 0.3 is 0 Å². The van der Waals surface area contributed by atoms with Crippen molar-refractivity contribution >= 4 is 22.7 Å². The zero-order valence-electron chi connectivity index (χ0n) is 27.3. The van der Waals surface area contributed by atoms with E-state index in [0.29, 0.717) is 0 Å². The zero-order chi connectivity index (χ0) is 32.7. The van der Waals surface area contributed by atoms with E-state index in [2.05, 4.69) is 153 Å². The minimum atomic E-state index is 0.152. The third kappa shape index (κ3) is 6.63. The van der Waals surface area contributed by atoms with Crippen LogP contribution in [0.5, 0.6) is 0 Å². The highest BCUT2D eigenvalue weighted by molar-refractivity contribution is 6.04. The summed E-state index contributed by atoms with van der Waals surface area (Å²) in [7, 11) is 0. The van der Waals surface area contributed by atoms with E-state index in [1.807, 2.05) is 31.2 Å². The van der Waals surface area contributed by atoms with E-state index in [1.54, 1.807) is 0 Å². The fraction of sp³-hybridized carbons (Fsp3) is 0.0889. The first kappa shape index (κ1) is 30.7. The number of allylic oxidation sites excluding steroid dienone is 4. The first-order chi connectivity index (χ1) is 23.7. The van der Waals surface area contributed by atoms with Gasteiger partial charge in [0.05, 0.1) is 34.2 Å². The predicted octanol–water partition coefficient (Wildman–Crippen LogP) is 11.5. The van der Waals surface area contributed by atoms with Gasteiger partial charge in [-0.15, -0.1) is 0 Å². The van der Waals surface area contributed by atoms with E-state index in [4.69, 9.17) is 15.0 Å². The van der Waals surface area contributed by atoms with Gasteiger partial charge in [0.15, 0.2) is 0 Å². The van der Waals surface area contributed by atoms with Crippen molar-refractivity contribution in [2.75, 3.05) is 0 Å². The van der Waals surface area contributed by atoms with Crippen molar-refractivity contribution in [1.82, 2.24) is 4.98 Å². The number of nitrogens with zero attached hydrogens (tertiary/aromatic N) is 3. The van der Waals surface area contributed by atoms with E-state index in [0.717, 1.165) is 74.0 Å². The van der Waals surface area contributed by atoms with Crippen LogP contribution in [-0.2, 0) is 0 Å². The van der Waals surface area contributed by atoms with E-state index >= 15 is 0 Å². The maximum atomic E-state index is 5.36. The standard InChI is InChI=1S/C45H37N3/c1-32(46-44-38(34-18-7-3-8-19-34)26-15-27-39(44)35-20-9-4-10-21-35)42-30-17-31-43(48-42)33(2)47-45-40(36-22-11-5-12-23-36)28-16-29-41(45)37-24-13-6-14-25-37/h3-28,30-31,41H,29H2,1-2H3. The van der Waals surface area contributed by atoms with Gasteiger partial charge < -0.3 is 0 Å². The van der Waals surface area contributed by atoms with E-state index in [9.17, 15) is 0 Å². The Bertz CT molecular complexity index is 2090. The Morgan fingerprint density at radius 3 is 1.56 bits per heavy atom. The van der Waals surface area contributed by atoms with Gasteiger partial charge in [0.1, 0.15) is 0 Å². The Balaban J connectivity index is 1.31. The van der Waals surface area contributed by atoms with Crippen LogP contribution in [0.3, 0.4) is 0 Å². The molecule has 1 atom stereocenters. The Morgan fingerprint density at radius 2 is 1.00 bits per heavy atom. The first-order valence-electron chi connectivity index (χ1n) is 16.5. The van der Waals surface area contributed by atoms with Crippen molar-refractivity contribution in [2.24, 2.45) is 9.98 Å². The molecule has 1 aliphatic rings. The summed E-state index contributed by atoms with van der Waals surface area (Å²) >= 11 is 0. The van der Waals surface area contributed by atoms with Gasteiger partial charge in [0.2, 0.25) is 0 Å². The SMILES string of the molecule is CC(=NC1=C(c2ccccc2)C=CCC1c1ccccc1)c1cccc(C(C)=Nc2c(-c3ccccc3)cccc2-c2ccccc2)n1. The third-order valence-electron chi connectivity index (χ3n) is 8.81. The van der Waals surface area contributed by atoms with Crippen LogP contribution >= 0.6 is 0 Å². The Kier molecular flexibility index (Phi) is 9.11. The number of hydrogen-bond acceptors (Lipinski definition) is 3. The molecule has 6 aromatic rings. The fourth-order valence-electron chi connectivity index (χ4n) is 6.35. The minimum absolute atomic E-state index is 0.152. The molecule has 1 aromatic heterocycles. The molecule has 7 rings (SSSR count). The second-order valence-electron chi connectivity index (χ2n) is 12.0. The number of rotatable bonds is 8. The second kappa shape index (κ2) is 14.2. The van der Waals surface area contributed by atoms with Gasteiger partial charge in [0, 0.05) is 22.6 Å². The van der Waals surface area contributed by atoms with Crippen LogP contribution in [0.15, 0.2) is 186 Å². The summed E-state index contributed by atoms with van der Waals surface area (Å²) < 4.78 is 0. The van der Waals surface area contributed by atoms with Gasteiger partial charge in [0.25, 0.3) is 0 Å². The summed E-state index contributed by atoms with van der Waals surface area (Å²) in [5.74, 6) is 0.152. The summed E-state index contributed by atoms with van der Waals surface area (Å²) in [4.78, 5) is 15.8. The molecular formula is C45H37N3. The lowest BCUT2D eigenvalue weighted by Crippen LogP contribution is -2.10.